The molecule has 1 heterocycles. The fraction of sp³-hybridized carbons (Fsp3) is 0.111. The highest BCUT2D eigenvalue weighted by atomic mass is 32.2. The van der Waals surface area contributed by atoms with Crippen LogP contribution in [0.3, 0.4) is 0 Å². The summed E-state index contributed by atoms with van der Waals surface area (Å²) in [5, 5.41) is 4.15. The summed E-state index contributed by atoms with van der Waals surface area (Å²) in [6.07, 6.45) is 2.42. The van der Waals surface area contributed by atoms with Crippen LogP contribution in [-0.4, -0.2) is 30.4 Å². The first-order valence-corrected chi connectivity index (χ1v) is 9.73. The molecule has 27 heavy (non-hydrogen) atoms. The second kappa shape index (κ2) is 7.20. The van der Waals surface area contributed by atoms with Crippen LogP contribution in [0.2, 0.25) is 0 Å². The van der Waals surface area contributed by atoms with Gasteiger partial charge in [0.2, 0.25) is 10.0 Å². The topological polar surface area (TPSA) is 90.3 Å². The zero-order chi connectivity index (χ0) is 19.6. The third kappa shape index (κ3) is 4.50. The van der Waals surface area contributed by atoms with Gasteiger partial charge in [-0.15, -0.1) is 0 Å². The van der Waals surface area contributed by atoms with Gasteiger partial charge in [-0.2, -0.15) is 5.10 Å². The quantitative estimate of drug-likeness (QED) is 0.535. The van der Waals surface area contributed by atoms with Crippen LogP contribution in [-0.2, 0) is 10.0 Å². The molecular weight excluding hydrogens is 373 g/mol. The van der Waals surface area contributed by atoms with Crippen molar-refractivity contribution in [3.05, 3.63) is 71.8 Å². The van der Waals surface area contributed by atoms with Gasteiger partial charge in [-0.05, 0) is 55.5 Å². The van der Waals surface area contributed by atoms with Crippen LogP contribution >= 0.6 is 0 Å². The molecule has 3 rings (SSSR count). The van der Waals surface area contributed by atoms with Crippen LogP contribution in [0, 0.1) is 12.7 Å². The van der Waals surface area contributed by atoms with E-state index in [1.54, 1.807) is 19.1 Å². The standard InChI is InChI=1S/C18H16FN3O4S/c1-12-17(11-20-22(12)15-7-3-13(19)4-8-15)18(23)26-16-9-5-14(6-10-16)21-27(2,24)25/h3-11,21H,1-2H3. The van der Waals surface area contributed by atoms with Gasteiger partial charge in [0.1, 0.15) is 17.1 Å². The molecule has 0 amide bonds. The summed E-state index contributed by atoms with van der Waals surface area (Å²) in [7, 11) is -3.38. The first-order valence-electron chi connectivity index (χ1n) is 7.83. The number of nitrogens with zero attached hydrogens (tertiary/aromatic N) is 2. The summed E-state index contributed by atoms with van der Waals surface area (Å²) in [6.45, 7) is 1.70. The van der Waals surface area contributed by atoms with E-state index in [0.29, 0.717) is 17.1 Å². The number of rotatable bonds is 5. The minimum Gasteiger partial charge on any atom is -0.423 e. The third-order valence-electron chi connectivity index (χ3n) is 3.67. The first-order chi connectivity index (χ1) is 12.7. The van der Waals surface area contributed by atoms with Gasteiger partial charge < -0.3 is 4.74 Å². The molecule has 0 aliphatic heterocycles. The molecule has 0 aliphatic rings. The maximum atomic E-state index is 13.1. The largest absolute Gasteiger partial charge is 0.423 e. The average molecular weight is 389 g/mol. The number of sulfonamides is 1. The number of hydrogen-bond donors (Lipinski definition) is 1. The Hall–Kier alpha value is -3.20. The fourth-order valence-electron chi connectivity index (χ4n) is 2.42. The normalized spacial score (nSPS) is 11.2. The van der Waals surface area contributed by atoms with Gasteiger partial charge in [-0.3, -0.25) is 4.72 Å². The van der Waals surface area contributed by atoms with E-state index in [2.05, 4.69) is 9.82 Å². The van der Waals surface area contributed by atoms with Crippen molar-refractivity contribution >= 4 is 21.7 Å². The molecule has 0 spiro atoms. The Balaban J connectivity index is 1.76. The Morgan fingerprint density at radius 2 is 1.74 bits per heavy atom. The number of anilines is 1. The third-order valence-corrected chi connectivity index (χ3v) is 4.28. The van der Waals surface area contributed by atoms with Crippen molar-refractivity contribution in [2.45, 2.75) is 6.92 Å². The number of carbonyl (C=O) groups excluding carboxylic acids is 1. The van der Waals surface area contributed by atoms with E-state index in [4.69, 9.17) is 4.74 Å². The second-order valence-electron chi connectivity index (χ2n) is 5.82. The summed E-state index contributed by atoms with van der Waals surface area (Å²) < 4.78 is 44.6. The maximum Gasteiger partial charge on any atom is 0.347 e. The highest BCUT2D eigenvalue weighted by molar-refractivity contribution is 7.92. The molecule has 0 radical (unpaired) electrons. The second-order valence-corrected chi connectivity index (χ2v) is 7.57. The van der Waals surface area contributed by atoms with Gasteiger partial charge in [0.25, 0.3) is 0 Å². The minimum absolute atomic E-state index is 0.257. The van der Waals surface area contributed by atoms with E-state index in [9.17, 15) is 17.6 Å². The first kappa shape index (κ1) is 18.6. The molecular formula is C18H16FN3O4S. The molecule has 0 atom stereocenters. The highest BCUT2D eigenvalue weighted by Crippen LogP contribution is 2.20. The SMILES string of the molecule is Cc1c(C(=O)Oc2ccc(NS(C)(=O)=O)cc2)cnn1-c1ccc(F)cc1. The van der Waals surface area contributed by atoms with Crippen LogP contribution in [0.15, 0.2) is 54.7 Å². The number of hydrogen-bond acceptors (Lipinski definition) is 5. The number of esters is 1. The lowest BCUT2D eigenvalue weighted by atomic mass is 10.2. The number of ether oxygens (including phenoxy) is 1. The predicted octanol–water partition coefficient (Wildman–Crippen LogP) is 2.91. The van der Waals surface area contributed by atoms with E-state index >= 15 is 0 Å². The van der Waals surface area contributed by atoms with Crippen molar-refractivity contribution in [2.24, 2.45) is 0 Å². The van der Waals surface area contributed by atoms with Crippen LogP contribution in [0.5, 0.6) is 5.75 Å². The van der Waals surface area contributed by atoms with Gasteiger partial charge in [0.05, 0.1) is 23.8 Å². The van der Waals surface area contributed by atoms with Crippen molar-refractivity contribution in [3.8, 4) is 11.4 Å². The lowest BCUT2D eigenvalue weighted by Gasteiger charge is -2.07. The Bertz CT molecular complexity index is 1070. The van der Waals surface area contributed by atoms with Gasteiger partial charge >= 0.3 is 5.97 Å². The van der Waals surface area contributed by atoms with Crippen molar-refractivity contribution < 1.29 is 22.3 Å². The Morgan fingerprint density at radius 1 is 1.11 bits per heavy atom. The van der Waals surface area contributed by atoms with E-state index < -0.39 is 16.0 Å². The smallest absolute Gasteiger partial charge is 0.347 e. The summed E-state index contributed by atoms with van der Waals surface area (Å²) >= 11 is 0. The molecule has 1 N–H and O–H groups in total. The molecule has 0 unspecified atom stereocenters. The van der Waals surface area contributed by atoms with Gasteiger partial charge in [-0.1, -0.05) is 0 Å². The molecule has 7 nitrogen and oxygen atoms in total. The Labute approximate surface area is 155 Å². The summed E-state index contributed by atoms with van der Waals surface area (Å²) in [6, 6.07) is 11.6. The zero-order valence-electron chi connectivity index (χ0n) is 14.5. The Morgan fingerprint density at radius 3 is 2.33 bits per heavy atom. The average Bonchev–Trinajstić information content (AvgIpc) is 2.98. The van der Waals surface area contributed by atoms with E-state index in [1.807, 2.05) is 0 Å². The van der Waals surface area contributed by atoms with Crippen molar-refractivity contribution in [3.63, 3.8) is 0 Å². The number of benzene rings is 2. The molecule has 1 aromatic heterocycles. The number of carbonyl (C=O) groups is 1. The van der Waals surface area contributed by atoms with Gasteiger partial charge in [-0.25, -0.2) is 22.3 Å². The number of aromatic nitrogens is 2. The van der Waals surface area contributed by atoms with Crippen LogP contribution < -0.4 is 9.46 Å². The van der Waals surface area contributed by atoms with Crippen LogP contribution in [0.4, 0.5) is 10.1 Å². The fourth-order valence-corrected chi connectivity index (χ4v) is 2.98. The lowest BCUT2D eigenvalue weighted by Crippen LogP contribution is -2.11. The summed E-state index contributed by atoms with van der Waals surface area (Å²) in [5.74, 6) is -0.713. The van der Waals surface area contributed by atoms with Crippen LogP contribution in [0.25, 0.3) is 5.69 Å². The van der Waals surface area contributed by atoms with E-state index in [1.165, 1.54) is 47.3 Å². The van der Waals surface area contributed by atoms with E-state index in [-0.39, 0.29) is 17.1 Å². The molecule has 2 aromatic carbocycles. The molecule has 0 bridgehead atoms. The van der Waals surface area contributed by atoms with Gasteiger partial charge in [0, 0.05) is 5.69 Å². The number of nitrogens with one attached hydrogen (secondary N) is 1. The zero-order valence-corrected chi connectivity index (χ0v) is 15.3. The molecule has 0 saturated heterocycles. The molecule has 140 valence electrons. The molecule has 3 aromatic rings. The molecule has 0 fully saturated rings. The van der Waals surface area contributed by atoms with Gasteiger partial charge in [0.15, 0.2) is 0 Å². The molecule has 9 heteroatoms. The molecule has 0 saturated carbocycles. The summed E-state index contributed by atoms with van der Waals surface area (Å²) in [4.78, 5) is 12.4. The lowest BCUT2D eigenvalue weighted by molar-refractivity contribution is 0.0734. The van der Waals surface area contributed by atoms with E-state index in [0.717, 1.165) is 6.26 Å². The monoisotopic (exact) mass is 389 g/mol. The number of halogens is 1. The summed E-state index contributed by atoms with van der Waals surface area (Å²) in [5.41, 5.74) is 1.78. The molecule has 0 aliphatic carbocycles. The van der Waals surface area contributed by atoms with Crippen molar-refractivity contribution in [2.75, 3.05) is 11.0 Å². The van der Waals surface area contributed by atoms with Crippen molar-refractivity contribution in [1.29, 1.82) is 0 Å². The van der Waals surface area contributed by atoms with Crippen LogP contribution in [0.1, 0.15) is 16.1 Å². The van der Waals surface area contributed by atoms with Crippen molar-refractivity contribution in [1.82, 2.24) is 9.78 Å². The Kier molecular flexibility index (Phi) is 4.95. The maximum absolute atomic E-state index is 13.1. The minimum atomic E-state index is -3.38. The highest BCUT2D eigenvalue weighted by Gasteiger charge is 2.17. The predicted molar refractivity (Wildman–Crippen MR) is 98.1 cm³/mol.